The molecule has 0 aliphatic carbocycles. The average molecular weight is 737 g/mol. The van der Waals surface area contributed by atoms with E-state index in [1.807, 2.05) is 74.5 Å². The first-order valence-corrected chi connectivity index (χ1v) is 18.3. The molecule has 14 nitrogen and oxygen atoms in total. The molecule has 1 unspecified atom stereocenters. The fourth-order valence-corrected chi connectivity index (χ4v) is 7.14. The number of anilines is 1. The summed E-state index contributed by atoms with van der Waals surface area (Å²) in [6.07, 6.45) is -2.71. The number of sulfonamides is 1. The summed E-state index contributed by atoms with van der Waals surface area (Å²) < 4.78 is 39.5. The van der Waals surface area contributed by atoms with Gasteiger partial charge in [0.25, 0.3) is 0 Å². The molecule has 0 spiro atoms. The van der Waals surface area contributed by atoms with Crippen LogP contribution in [-0.4, -0.2) is 84.3 Å². The lowest BCUT2D eigenvalue weighted by atomic mass is 9.85. The molecule has 0 saturated heterocycles. The standard InChI is InChI=1S/C37H48N6O8S/c1-24(2)21-43(52(48,49)27-17-18-28-29(20-27)40-34(39-28)42-35(46)50-6)22-31(44)30(19-25-13-9-7-10-14-25)38-33(45)32(37(3,4)5)41-36(47)51-23-26-15-11-8-12-16-26/h7-18,20,24,30-32,44H,19,21-23H2,1-6H3,(H,38,45)(H,41,47)(H2,39,40,42,46)/t30-,31?,32+/m0/s1. The van der Waals surface area contributed by atoms with Gasteiger partial charge in [-0.25, -0.2) is 23.0 Å². The van der Waals surface area contributed by atoms with Crippen molar-refractivity contribution in [2.45, 2.75) is 70.7 Å². The Morgan fingerprint density at radius 2 is 1.54 bits per heavy atom. The summed E-state index contributed by atoms with van der Waals surface area (Å²) in [6, 6.07) is 20.6. The van der Waals surface area contributed by atoms with Crippen LogP contribution in [0.25, 0.3) is 11.0 Å². The molecule has 3 amide bonds. The Bertz CT molecular complexity index is 1910. The summed E-state index contributed by atoms with van der Waals surface area (Å²) in [7, 11) is -2.98. The number of imidazole rings is 1. The van der Waals surface area contributed by atoms with E-state index >= 15 is 0 Å². The van der Waals surface area contributed by atoms with Gasteiger partial charge in [-0.05, 0) is 47.1 Å². The fourth-order valence-electron chi connectivity index (χ4n) is 5.49. The Morgan fingerprint density at radius 3 is 2.13 bits per heavy atom. The lowest BCUT2D eigenvalue weighted by Gasteiger charge is -2.34. The predicted molar refractivity (Wildman–Crippen MR) is 197 cm³/mol. The van der Waals surface area contributed by atoms with Gasteiger partial charge >= 0.3 is 12.2 Å². The second kappa shape index (κ2) is 17.5. The number of aromatic nitrogens is 2. The van der Waals surface area contributed by atoms with Gasteiger partial charge in [0.05, 0.1) is 35.2 Å². The van der Waals surface area contributed by atoms with Crippen molar-refractivity contribution in [3.8, 4) is 0 Å². The molecule has 280 valence electrons. The summed E-state index contributed by atoms with van der Waals surface area (Å²) in [5.41, 5.74) is 1.59. The van der Waals surface area contributed by atoms with E-state index in [4.69, 9.17) is 4.74 Å². The lowest BCUT2D eigenvalue weighted by Crippen LogP contribution is -2.58. The van der Waals surface area contributed by atoms with Gasteiger partial charge in [0.1, 0.15) is 12.6 Å². The van der Waals surface area contributed by atoms with Crippen LogP contribution in [-0.2, 0) is 37.3 Å². The zero-order valence-corrected chi connectivity index (χ0v) is 31.1. The Labute approximate surface area is 304 Å². The quantitative estimate of drug-likeness (QED) is 0.114. The highest BCUT2D eigenvalue weighted by Gasteiger charge is 2.37. The molecule has 1 heterocycles. The average Bonchev–Trinajstić information content (AvgIpc) is 3.50. The molecule has 0 bridgehead atoms. The number of carbonyl (C=O) groups excluding carboxylic acids is 3. The van der Waals surface area contributed by atoms with Gasteiger partial charge < -0.3 is 30.2 Å². The highest BCUT2D eigenvalue weighted by atomic mass is 32.2. The van der Waals surface area contributed by atoms with Crippen LogP contribution in [0.5, 0.6) is 0 Å². The van der Waals surface area contributed by atoms with Gasteiger partial charge in [-0.15, -0.1) is 0 Å². The van der Waals surface area contributed by atoms with E-state index < -0.39 is 51.7 Å². The Hall–Kier alpha value is -4.99. The van der Waals surface area contributed by atoms with Crippen molar-refractivity contribution in [2.24, 2.45) is 11.3 Å². The number of aliphatic hydroxyl groups excluding tert-OH is 1. The third kappa shape index (κ3) is 11.0. The highest BCUT2D eigenvalue weighted by molar-refractivity contribution is 7.89. The molecule has 4 aromatic rings. The van der Waals surface area contributed by atoms with Crippen molar-refractivity contribution >= 4 is 45.1 Å². The number of nitrogens with one attached hydrogen (secondary N) is 4. The maximum atomic E-state index is 14.1. The number of hydrogen-bond donors (Lipinski definition) is 5. The zero-order chi connectivity index (χ0) is 38.1. The molecule has 0 aliphatic heterocycles. The first-order chi connectivity index (χ1) is 24.6. The number of alkyl carbamates (subject to hydrolysis) is 1. The molecule has 4 rings (SSSR count). The number of nitrogens with zero attached hydrogens (tertiary/aromatic N) is 2. The lowest BCUT2D eigenvalue weighted by molar-refractivity contribution is -0.127. The van der Waals surface area contributed by atoms with Crippen molar-refractivity contribution in [1.82, 2.24) is 24.9 Å². The smallest absolute Gasteiger partial charge is 0.413 e. The van der Waals surface area contributed by atoms with Crippen LogP contribution in [0.2, 0.25) is 0 Å². The molecule has 0 radical (unpaired) electrons. The summed E-state index contributed by atoms with van der Waals surface area (Å²) in [4.78, 5) is 45.5. The minimum atomic E-state index is -4.19. The van der Waals surface area contributed by atoms with Crippen LogP contribution in [0.4, 0.5) is 15.5 Å². The van der Waals surface area contributed by atoms with Gasteiger partial charge in [-0.2, -0.15) is 4.31 Å². The van der Waals surface area contributed by atoms with Crippen molar-refractivity contribution in [1.29, 1.82) is 0 Å². The van der Waals surface area contributed by atoms with Crippen molar-refractivity contribution < 1.29 is 37.4 Å². The second-order valence-electron chi connectivity index (χ2n) is 14.0. The third-order valence-corrected chi connectivity index (χ3v) is 9.98. The maximum absolute atomic E-state index is 14.1. The number of fused-ring (bicyclic) bond motifs is 1. The molecular formula is C37H48N6O8S. The molecule has 1 aromatic heterocycles. The Morgan fingerprint density at radius 1 is 0.904 bits per heavy atom. The fraction of sp³-hybridized carbons (Fsp3) is 0.405. The number of carbonyl (C=O) groups is 3. The summed E-state index contributed by atoms with van der Waals surface area (Å²) in [5, 5.41) is 19.8. The van der Waals surface area contributed by atoms with Crippen molar-refractivity contribution in [3.63, 3.8) is 0 Å². The first-order valence-electron chi connectivity index (χ1n) is 16.9. The van der Waals surface area contributed by atoms with Gasteiger partial charge in [0.15, 0.2) is 0 Å². The molecular weight excluding hydrogens is 689 g/mol. The molecule has 0 saturated carbocycles. The molecule has 3 atom stereocenters. The summed E-state index contributed by atoms with van der Waals surface area (Å²) >= 11 is 0. The number of aliphatic hydroxyl groups is 1. The molecule has 5 N–H and O–H groups in total. The molecule has 52 heavy (non-hydrogen) atoms. The summed E-state index contributed by atoms with van der Waals surface area (Å²) in [5.74, 6) is -0.603. The van der Waals surface area contributed by atoms with Crippen molar-refractivity contribution in [2.75, 3.05) is 25.5 Å². The van der Waals surface area contributed by atoms with Crippen LogP contribution in [0, 0.1) is 11.3 Å². The number of H-pyrrole nitrogens is 1. The largest absolute Gasteiger partial charge is 0.453 e. The highest BCUT2D eigenvalue weighted by Crippen LogP contribution is 2.25. The number of aromatic amines is 1. The summed E-state index contributed by atoms with van der Waals surface area (Å²) in [6.45, 7) is 8.83. The molecule has 0 fully saturated rings. The molecule has 0 aliphatic rings. The number of amides is 3. The predicted octanol–water partition coefficient (Wildman–Crippen LogP) is 4.82. The van der Waals surface area contributed by atoms with E-state index in [0.717, 1.165) is 11.1 Å². The van der Waals surface area contributed by atoms with E-state index in [1.165, 1.54) is 29.6 Å². The number of methoxy groups -OCH3 is 1. The number of rotatable bonds is 15. The van der Waals surface area contributed by atoms with Crippen molar-refractivity contribution in [3.05, 3.63) is 90.0 Å². The molecule has 15 heteroatoms. The van der Waals surface area contributed by atoms with E-state index in [0.29, 0.717) is 11.0 Å². The first kappa shape index (κ1) is 39.8. The van der Waals surface area contributed by atoms with E-state index in [2.05, 4.69) is 30.7 Å². The number of ether oxygens (including phenoxy) is 2. The van der Waals surface area contributed by atoms with Gasteiger partial charge in [0.2, 0.25) is 21.9 Å². The maximum Gasteiger partial charge on any atom is 0.413 e. The van der Waals surface area contributed by atoms with Crippen LogP contribution in [0.15, 0.2) is 83.8 Å². The third-order valence-electron chi connectivity index (χ3n) is 8.15. The SMILES string of the molecule is COC(=O)Nc1nc2ccc(S(=O)(=O)N(CC(C)C)CC(O)[C@H](Cc3ccccc3)NC(=O)[C@@H](NC(=O)OCc3ccccc3)C(C)(C)C)cc2[nH]1. The Balaban J connectivity index is 1.58. The van der Waals surface area contributed by atoms with E-state index in [9.17, 15) is 27.9 Å². The monoisotopic (exact) mass is 736 g/mol. The number of hydrogen-bond acceptors (Lipinski definition) is 9. The minimum Gasteiger partial charge on any atom is -0.453 e. The molecule has 3 aromatic carbocycles. The van der Waals surface area contributed by atoms with Gasteiger partial charge in [0, 0.05) is 13.1 Å². The van der Waals surface area contributed by atoms with Crippen LogP contribution >= 0.6 is 0 Å². The van der Waals surface area contributed by atoms with Crippen LogP contribution < -0.4 is 16.0 Å². The van der Waals surface area contributed by atoms with Gasteiger partial charge in [-0.3, -0.25) is 10.1 Å². The van der Waals surface area contributed by atoms with E-state index in [-0.39, 0.29) is 42.9 Å². The number of benzene rings is 3. The van der Waals surface area contributed by atoms with Crippen LogP contribution in [0.3, 0.4) is 0 Å². The van der Waals surface area contributed by atoms with E-state index in [1.54, 1.807) is 20.8 Å². The van der Waals surface area contributed by atoms with Crippen LogP contribution in [0.1, 0.15) is 45.7 Å². The minimum absolute atomic E-state index is 0.0134. The normalized spacial score (nSPS) is 13.7. The zero-order valence-electron chi connectivity index (χ0n) is 30.3. The van der Waals surface area contributed by atoms with Gasteiger partial charge in [-0.1, -0.05) is 95.3 Å². The second-order valence-corrected chi connectivity index (χ2v) is 15.9. The Kier molecular flexibility index (Phi) is 13.4. The topological polar surface area (TPSA) is 192 Å².